The molecular weight excluding hydrogens is 372 g/mol. The zero-order valence-corrected chi connectivity index (χ0v) is 17.0. The van der Waals surface area contributed by atoms with Gasteiger partial charge in [0.05, 0.1) is 19.8 Å². The molecule has 1 aromatic carbocycles. The zero-order valence-electron chi connectivity index (χ0n) is 17.0. The summed E-state index contributed by atoms with van der Waals surface area (Å²) in [6.07, 6.45) is 2.20. The monoisotopic (exact) mass is 398 g/mol. The number of aryl methyl sites for hydroxylation is 1. The van der Waals surface area contributed by atoms with E-state index in [-0.39, 0.29) is 5.56 Å². The second-order valence-electron chi connectivity index (χ2n) is 7.48. The van der Waals surface area contributed by atoms with Crippen molar-refractivity contribution in [3.63, 3.8) is 0 Å². The van der Waals surface area contributed by atoms with Gasteiger partial charge >= 0.3 is 0 Å². The minimum atomic E-state index is -0.243. The van der Waals surface area contributed by atoms with E-state index in [1.165, 1.54) is 0 Å². The van der Waals surface area contributed by atoms with Crippen LogP contribution < -0.4 is 15.0 Å². The van der Waals surface area contributed by atoms with Crippen LogP contribution in [0.15, 0.2) is 23.0 Å². The first kappa shape index (κ1) is 19.4. The van der Waals surface area contributed by atoms with Crippen molar-refractivity contribution in [2.45, 2.75) is 32.9 Å². The Morgan fingerprint density at radius 2 is 2.00 bits per heavy atom. The number of aromatic nitrogens is 5. The molecule has 0 amide bonds. The van der Waals surface area contributed by atoms with E-state index in [2.05, 4.69) is 25.2 Å². The summed E-state index contributed by atoms with van der Waals surface area (Å²) in [4.78, 5) is 21.6. The van der Waals surface area contributed by atoms with Crippen molar-refractivity contribution in [2.75, 3.05) is 27.3 Å². The molecule has 1 saturated heterocycles. The summed E-state index contributed by atoms with van der Waals surface area (Å²) in [5.74, 6) is 2.65. The van der Waals surface area contributed by atoms with Crippen molar-refractivity contribution in [1.82, 2.24) is 29.9 Å². The third-order valence-corrected chi connectivity index (χ3v) is 5.44. The number of aromatic amines is 1. The van der Waals surface area contributed by atoms with Gasteiger partial charge in [-0.25, -0.2) is 9.67 Å². The molecule has 2 aromatic heterocycles. The Kier molecular flexibility index (Phi) is 5.48. The average Bonchev–Trinajstić information content (AvgIpc) is 3.11. The standard InChI is InChI=1S/C20H26N6O3/c1-13-21-19-18(20(27)22-13)23-24-26(19)11-14-6-5-9-25(10-14)12-15-16(28-2)7-4-8-17(15)29-3/h4,7-8,14H,5-6,9-12H2,1-3H3,(H,21,22,27)/t14-/m1/s1. The van der Waals surface area contributed by atoms with Crippen LogP contribution in [-0.4, -0.2) is 57.2 Å². The van der Waals surface area contributed by atoms with Crippen molar-refractivity contribution >= 4 is 11.2 Å². The summed E-state index contributed by atoms with van der Waals surface area (Å²) in [5.41, 5.74) is 1.66. The van der Waals surface area contributed by atoms with E-state index in [0.717, 1.165) is 49.5 Å². The van der Waals surface area contributed by atoms with E-state index >= 15 is 0 Å². The molecule has 9 nitrogen and oxygen atoms in total. The molecule has 0 saturated carbocycles. The molecule has 3 aromatic rings. The third kappa shape index (κ3) is 3.95. The number of ether oxygens (including phenoxy) is 2. The minimum absolute atomic E-state index is 0.243. The summed E-state index contributed by atoms with van der Waals surface area (Å²) < 4.78 is 12.8. The van der Waals surface area contributed by atoms with Gasteiger partial charge in [0.15, 0.2) is 11.2 Å². The molecule has 4 rings (SSSR count). The summed E-state index contributed by atoms with van der Waals surface area (Å²) >= 11 is 0. The maximum absolute atomic E-state index is 12.0. The minimum Gasteiger partial charge on any atom is -0.496 e. The van der Waals surface area contributed by atoms with E-state index in [1.807, 2.05) is 18.2 Å². The molecular formula is C20H26N6O3. The lowest BCUT2D eigenvalue weighted by Gasteiger charge is -2.33. The second kappa shape index (κ2) is 8.20. The molecule has 29 heavy (non-hydrogen) atoms. The number of H-pyrrole nitrogens is 1. The molecule has 3 heterocycles. The quantitative estimate of drug-likeness (QED) is 0.675. The number of hydrogen-bond acceptors (Lipinski definition) is 7. The molecule has 1 N–H and O–H groups in total. The van der Waals surface area contributed by atoms with Crippen LogP contribution in [0.2, 0.25) is 0 Å². The Bertz CT molecular complexity index is 1040. The number of nitrogens with zero attached hydrogens (tertiary/aromatic N) is 5. The first-order chi connectivity index (χ1) is 14.1. The summed E-state index contributed by atoms with van der Waals surface area (Å²) in [6, 6.07) is 5.87. The Morgan fingerprint density at radius 3 is 2.72 bits per heavy atom. The summed E-state index contributed by atoms with van der Waals surface area (Å²) in [5, 5.41) is 8.20. The van der Waals surface area contributed by atoms with Crippen LogP contribution in [0, 0.1) is 12.8 Å². The highest BCUT2D eigenvalue weighted by atomic mass is 16.5. The Morgan fingerprint density at radius 1 is 1.24 bits per heavy atom. The molecule has 0 aliphatic carbocycles. The predicted molar refractivity (Wildman–Crippen MR) is 108 cm³/mol. The molecule has 1 aliphatic rings. The Balaban J connectivity index is 1.51. The fourth-order valence-electron chi connectivity index (χ4n) is 4.09. The number of fused-ring (bicyclic) bond motifs is 1. The number of benzene rings is 1. The van der Waals surface area contributed by atoms with Gasteiger partial charge in [-0.1, -0.05) is 11.3 Å². The lowest BCUT2D eigenvalue weighted by Crippen LogP contribution is -2.37. The smallest absolute Gasteiger partial charge is 0.281 e. The number of likely N-dealkylation sites (tertiary alicyclic amines) is 1. The molecule has 154 valence electrons. The highest BCUT2D eigenvalue weighted by molar-refractivity contribution is 5.67. The number of methoxy groups -OCH3 is 2. The van der Waals surface area contributed by atoms with Crippen molar-refractivity contribution < 1.29 is 9.47 Å². The van der Waals surface area contributed by atoms with E-state index in [1.54, 1.807) is 25.8 Å². The van der Waals surface area contributed by atoms with Crippen molar-refractivity contribution in [3.05, 3.63) is 39.9 Å². The van der Waals surface area contributed by atoms with Crippen molar-refractivity contribution in [1.29, 1.82) is 0 Å². The fraction of sp³-hybridized carbons (Fsp3) is 0.500. The van der Waals surface area contributed by atoms with Crippen LogP contribution in [-0.2, 0) is 13.1 Å². The van der Waals surface area contributed by atoms with E-state index in [0.29, 0.717) is 29.5 Å². The number of nitrogens with one attached hydrogen (secondary N) is 1. The SMILES string of the molecule is COc1cccc(OC)c1CN1CCC[C@@H](Cn2nnc3c(=O)[nH]c(C)nc32)C1. The number of hydrogen-bond donors (Lipinski definition) is 1. The molecule has 1 fully saturated rings. The van der Waals surface area contributed by atoms with Crippen LogP contribution in [0.4, 0.5) is 0 Å². The summed E-state index contributed by atoms with van der Waals surface area (Å²) in [6.45, 7) is 5.16. The normalized spacial score (nSPS) is 17.6. The first-order valence-corrected chi connectivity index (χ1v) is 9.81. The molecule has 0 unspecified atom stereocenters. The lowest BCUT2D eigenvalue weighted by molar-refractivity contribution is 0.151. The van der Waals surface area contributed by atoms with Gasteiger partial charge in [-0.15, -0.1) is 5.10 Å². The topological polar surface area (TPSA) is 98.2 Å². The van der Waals surface area contributed by atoms with E-state index in [9.17, 15) is 4.79 Å². The summed E-state index contributed by atoms with van der Waals surface area (Å²) in [7, 11) is 3.37. The third-order valence-electron chi connectivity index (χ3n) is 5.44. The van der Waals surface area contributed by atoms with Gasteiger partial charge in [-0.05, 0) is 44.4 Å². The van der Waals surface area contributed by atoms with E-state index < -0.39 is 0 Å². The number of piperidine rings is 1. The highest BCUT2D eigenvalue weighted by Crippen LogP contribution is 2.31. The molecule has 9 heteroatoms. The fourth-order valence-corrected chi connectivity index (χ4v) is 4.09. The van der Waals surface area contributed by atoms with Crippen LogP contribution in [0.25, 0.3) is 11.2 Å². The largest absolute Gasteiger partial charge is 0.496 e. The maximum Gasteiger partial charge on any atom is 0.281 e. The van der Waals surface area contributed by atoms with Crippen LogP contribution in [0.3, 0.4) is 0 Å². The van der Waals surface area contributed by atoms with Gasteiger partial charge in [-0.3, -0.25) is 9.69 Å². The van der Waals surface area contributed by atoms with Gasteiger partial charge in [0.25, 0.3) is 5.56 Å². The predicted octanol–water partition coefficient (Wildman–Crippen LogP) is 1.75. The van der Waals surface area contributed by atoms with Gasteiger partial charge < -0.3 is 14.5 Å². The van der Waals surface area contributed by atoms with Crippen LogP contribution in [0.1, 0.15) is 24.2 Å². The molecule has 1 atom stereocenters. The first-order valence-electron chi connectivity index (χ1n) is 9.81. The van der Waals surface area contributed by atoms with Gasteiger partial charge in [0, 0.05) is 19.6 Å². The molecule has 0 bridgehead atoms. The van der Waals surface area contributed by atoms with Gasteiger partial charge in [0.1, 0.15) is 17.3 Å². The van der Waals surface area contributed by atoms with Gasteiger partial charge in [-0.2, -0.15) is 0 Å². The van der Waals surface area contributed by atoms with Crippen LogP contribution in [0.5, 0.6) is 11.5 Å². The number of rotatable bonds is 6. The van der Waals surface area contributed by atoms with Crippen molar-refractivity contribution in [3.8, 4) is 11.5 Å². The molecule has 1 aliphatic heterocycles. The van der Waals surface area contributed by atoms with Crippen molar-refractivity contribution in [2.24, 2.45) is 5.92 Å². The van der Waals surface area contributed by atoms with E-state index in [4.69, 9.17) is 9.47 Å². The Labute approximate surface area is 168 Å². The maximum atomic E-state index is 12.0. The zero-order chi connectivity index (χ0) is 20.4. The average molecular weight is 398 g/mol. The van der Waals surface area contributed by atoms with Gasteiger partial charge in [0.2, 0.25) is 0 Å². The van der Waals surface area contributed by atoms with Crippen LogP contribution >= 0.6 is 0 Å². The highest BCUT2D eigenvalue weighted by Gasteiger charge is 2.24. The lowest BCUT2D eigenvalue weighted by atomic mass is 9.97. The molecule has 0 spiro atoms. The molecule has 0 radical (unpaired) electrons. The second-order valence-corrected chi connectivity index (χ2v) is 7.48. The Hall–Kier alpha value is -2.94.